The number of hydrogen-bond acceptors (Lipinski definition) is 2. The first-order chi connectivity index (χ1) is 6.77. The lowest BCUT2D eigenvalue weighted by Crippen LogP contribution is -2.38. The Morgan fingerprint density at radius 3 is 2.93 bits per heavy atom. The lowest BCUT2D eigenvalue weighted by atomic mass is 10.00. The third-order valence-corrected chi connectivity index (χ3v) is 3.41. The lowest BCUT2D eigenvalue weighted by molar-refractivity contribution is -0.122. The molecule has 1 aliphatic heterocycles. The molecule has 1 heterocycles. The molecule has 2 fully saturated rings. The fourth-order valence-corrected chi connectivity index (χ4v) is 2.16. The van der Waals surface area contributed by atoms with Crippen LogP contribution < -0.4 is 10.6 Å². The summed E-state index contributed by atoms with van der Waals surface area (Å²) in [6, 6.07) is 0. The van der Waals surface area contributed by atoms with E-state index < -0.39 is 0 Å². The molecule has 1 saturated heterocycles. The van der Waals surface area contributed by atoms with Gasteiger partial charge in [0.2, 0.25) is 5.91 Å². The van der Waals surface area contributed by atoms with Crippen LogP contribution in [0.15, 0.2) is 0 Å². The number of carbonyl (C=O) groups is 1. The molecule has 2 rings (SSSR count). The van der Waals surface area contributed by atoms with Crippen LogP contribution in [0.5, 0.6) is 0 Å². The van der Waals surface area contributed by atoms with Crippen molar-refractivity contribution in [3.05, 3.63) is 0 Å². The van der Waals surface area contributed by atoms with Crippen molar-refractivity contribution < 1.29 is 4.79 Å². The minimum absolute atomic E-state index is 0.281. The maximum atomic E-state index is 11.5. The monoisotopic (exact) mass is 196 g/mol. The van der Waals surface area contributed by atoms with E-state index in [1.54, 1.807) is 0 Å². The van der Waals surface area contributed by atoms with Gasteiger partial charge in [0.1, 0.15) is 0 Å². The predicted molar refractivity (Wildman–Crippen MR) is 55.9 cm³/mol. The quantitative estimate of drug-likeness (QED) is 0.699. The van der Waals surface area contributed by atoms with Crippen molar-refractivity contribution in [2.24, 2.45) is 17.8 Å². The summed E-state index contributed by atoms with van der Waals surface area (Å²) in [4.78, 5) is 11.5. The minimum Gasteiger partial charge on any atom is -0.356 e. The van der Waals surface area contributed by atoms with Gasteiger partial charge in [-0.2, -0.15) is 0 Å². The van der Waals surface area contributed by atoms with E-state index in [1.807, 2.05) is 0 Å². The van der Waals surface area contributed by atoms with E-state index in [2.05, 4.69) is 17.6 Å². The fourth-order valence-electron chi connectivity index (χ4n) is 2.16. The molecule has 0 aromatic carbocycles. The molecule has 80 valence electrons. The zero-order valence-electron chi connectivity index (χ0n) is 8.88. The van der Waals surface area contributed by atoms with Gasteiger partial charge >= 0.3 is 0 Å². The molecule has 3 heteroatoms. The van der Waals surface area contributed by atoms with Gasteiger partial charge in [-0.15, -0.1) is 0 Å². The Kier molecular flexibility index (Phi) is 3.06. The first-order valence-electron chi connectivity index (χ1n) is 5.76. The molecule has 1 aliphatic carbocycles. The topological polar surface area (TPSA) is 41.1 Å². The van der Waals surface area contributed by atoms with Crippen LogP contribution in [0.3, 0.4) is 0 Å². The highest BCUT2D eigenvalue weighted by Crippen LogP contribution is 2.37. The Morgan fingerprint density at radius 1 is 1.57 bits per heavy atom. The summed E-state index contributed by atoms with van der Waals surface area (Å²) >= 11 is 0. The molecular formula is C11H20N2O. The molecule has 2 aliphatic rings. The van der Waals surface area contributed by atoms with Crippen molar-refractivity contribution >= 4 is 5.91 Å². The Bertz CT molecular complexity index is 211. The number of hydrogen-bond donors (Lipinski definition) is 2. The van der Waals surface area contributed by atoms with E-state index in [9.17, 15) is 4.79 Å². The Hall–Kier alpha value is -0.570. The highest BCUT2D eigenvalue weighted by atomic mass is 16.2. The third-order valence-electron chi connectivity index (χ3n) is 3.41. The van der Waals surface area contributed by atoms with Crippen molar-refractivity contribution in [1.29, 1.82) is 0 Å². The first kappa shape index (κ1) is 9.97. The third kappa shape index (κ3) is 2.47. The molecule has 0 radical (unpaired) electrons. The molecular weight excluding hydrogens is 176 g/mol. The Balaban J connectivity index is 1.63. The van der Waals surface area contributed by atoms with Crippen molar-refractivity contribution in [1.82, 2.24) is 10.6 Å². The maximum Gasteiger partial charge on any atom is 0.223 e. The summed E-state index contributed by atoms with van der Waals surface area (Å²) < 4.78 is 0. The molecule has 2 N–H and O–H groups in total. The van der Waals surface area contributed by atoms with Crippen LogP contribution in [-0.2, 0) is 4.79 Å². The molecule has 0 aromatic rings. The predicted octanol–water partition coefficient (Wildman–Crippen LogP) is 0.758. The van der Waals surface area contributed by atoms with Crippen LogP contribution in [0.4, 0.5) is 0 Å². The summed E-state index contributed by atoms with van der Waals surface area (Å²) in [6.07, 6.45) is 3.60. The average molecular weight is 196 g/mol. The number of rotatable bonds is 3. The first-order valence-corrected chi connectivity index (χ1v) is 5.76. The van der Waals surface area contributed by atoms with Crippen LogP contribution >= 0.6 is 0 Å². The smallest absolute Gasteiger partial charge is 0.223 e. The van der Waals surface area contributed by atoms with Gasteiger partial charge in [-0.05, 0) is 44.2 Å². The number of nitrogens with one attached hydrogen (secondary N) is 2. The van der Waals surface area contributed by atoms with Crippen molar-refractivity contribution in [2.45, 2.75) is 26.2 Å². The van der Waals surface area contributed by atoms with E-state index in [0.717, 1.165) is 26.1 Å². The normalized spacial score (nSPS) is 36.5. The zero-order valence-corrected chi connectivity index (χ0v) is 8.88. The summed E-state index contributed by atoms with van der Waals surface area (Å²) in [7, 11) is 0. The Morgan fingerprint density at radius 2 is 2.36 bits per heavy atom. The molecule has 3 nitrogen and oxygen atoms in total. The summed E-state index contributed by atoms with van der Waals surface area (Å²) in [6.45, 7) is 5.23. The van der Waals surface area contributed by atoms with Crippen molar-refractivity contribution in [3.63, 3.8) is 0 Å². The van der Waals surface area contributed by atoms with Gasteiger partial charge in [0.15, 0.2) is 0 Å². The van der Waals surface area contributed by atoms with E-state index >= 15 is 0 Å². The molecule has 0 aromatic heterocycles. The zero-order chi connectivity index (χ0) is 9.97. The summed E-state index contributed by atoms with van der Waals surface area (Å²) in [5.74, 6) is 1.89. The second-order valence-electron chi connectivity index (χ2n) is 4.78. The van der Waals surface area contributed by atoms with Crippen LogP contribution in [0.1, 0.15) is 26.2 Å². The van der Waals surface area contributed by atoms with E-state index in [0.29, 0.717) is 17.8 Å². The van der Waals surface area contributed by atoms with Gasteiger partial charge in [-0.3, -0.25) is 4.79 Å². The van der Waals surface area contributed by atoms with E-state index in [1.165, 1.54) is 12.8 Å². The molecule has 14 heavy (non-hydrogen) atoms. The number of carbonyl (C=O) groups excluding carboxylic acids is 1. The van der Waals surface area contributed by atoms with Crippen LogP contribution in [0, 0.1) is 17.8 Å². The SMILES string of the molecule is CC1CC1C(=O)NCC1CCCNC1. The molecule has 1 amide bonds. The van der Waals surface area contributed by atoms with Gasteiger partial charge in [-0.1, -0.05) is 6.92 Å². The highest BCUT2D eigenvalue weighted by Gasteiger charge is 2.38. The molecule has 0 spiro atoms. The average Bonchev–Trinajstić information content (AvgIpc) is 2.94. The second kappa shape index (κ2) is 4.30. The van der Waals surface area contributed by atoms with Crippen LogP contribution in [0.2, 0.25) is 0 Å². The standard InChI is InChI=1S/C11H20N2O/c1-8-5-10(8)11(14)13-7-9-3-2-4-12-6-9/h8-10,12H,2-7H2,1H3,(H,13,14). The largest absolute Gasteiger partial charge is 0.356 e. The van der Waals surface area contributed by atoms with E-state index in [4.69, 9.17) is 0 Å². The fraction of sp³-hybridized carbons (Fsp3) is 0.909. The van der Waals surface area contributed by atoms with E-state index in [-0.39, 0.29) is 5.91 Å². The number of piperidine rings is 1. The van der Waals surface area contributed by atoms with Gasteiger partial charge < -0.3 is 10.6 Å². The molecule has 1 saturated carbocycles. The van der Waals surface area contributed by atoms with Gasteiger partial charge in [0.05, 0.1) is 0 Å². The molecule has 3 unspecified atom stereocenters. The number of amides is 1. The van der Waals surface area contributed by atoms with Crippen molar-refractivity contribution in [2.75, 3.05) is 19.6 Å². The minimum atomic E-state index is 0.281. The highest BCUT2D eigenvalue weighted by molar-refractivity contribution is 5.81. The van der Waals surface area contributed by atoms with Crippen LogP contribution in [-0.4, -0.2) is 25.5 Å². The van der Waals surface area contributed by atoms with Gasteiger partial charge in [0, 0.05) is 12.5 Å². The Labute approximate surface area is 85.6 Å². The van der Waals surface area contributed by atoms with Gasteiger partial charge in [0.25, 0.3) is 0 Å². The van der Waals surface area contributed by atoms with Gasteiger partial charge in [-0.25, -0.2) is 0 Å². The van der Waals surface area contributed by atoms with Crippen LogP contribution in [0.25, 0.3) is 0 Å². The van der Waals surface area contributed by atoms with Crippen molar-refractivity contribution in [3.8, 4) is 0 Å². The maximum absolute atomic E-state index is 11.5. The molecule has 3 atom stereocenters. The second-order valence-corrected chi connectivity index (χ2v) is 4.78. The summed E-state index contributed by atoms with van der Waals surface area (Å²) in [5, 5.41) is 6.43. The lowest BCUT2D eigenvalue weighted by Gasteiger charge is -2.22. The molecule has 0 bridgehead atoms. The summed E-state index contributed by atoms with van der Waals surface area (Å²) in [5.41, 5.74) is 0.